The van der Waals surface area contributed by atoms with Gasteiger partial charge < -0.3 is 4.90 Å². The maximum absolute atomic E-state index is 12.7. The Hall–Kier alpha value is -1.93. The van der Waals surface area contributed by atoms with Crippen molar-refractivity contribution in [3.05, 3.63) is 64.7 Å². The molecule has 0 radical (unpaired) electrons. The number of likely N-dealkylation sites (N-methyl/N-ethyl adjacent to an activating group) is 1. The molecule has 0 aromatic heterocycles. The number of hydrogen-bond donors (Lipinski definition) is 0. The van der Waals surface area contributed by atoms with E-state index in [0.717, 1.165) is 23.9 Å². The van der Waals surface area contributed by atoms with Crippen LogP contribution in [0.5, 0.6) is 0 Å². The molecule has 1 saturated heterocycles. The molecule has 0 N–H and O–H groups in total. The topological polar surface area (TPSA) is 60.9 Å². The molecule has 0 bridgehead atoms. The van der Waals surface area contributed by atoms with Crippen LogP contribution in [0.2, 0.25) is 5.02 Å². The van der Waals surface area contributed by atoms with Crippen molar-refractivity contribution in [3.63, 3.8) is 0 Å². The van der Waals surface area contributed by atoms with E-state index in [-0.39, 0.29) is 17.3 Å². The maximum Gasteiger partial charge on any atom is 0.243 e. The summed E-state index contributed by atoms with van der Waals surface area (Å²) in [6.45, 7) is 5.52. The Bertz CT molecular complexity index is 955. The van der Waals surface area contributed by atoms with Gasteiger partial charge >= 0.3 is 0 Å². The van der Waals surface area contributed by atoms with E-state index in [9.17, 15) is 13.2 Å². The number of halogens is 1. The number of benzene rings is 2. The van der Waals surface area contributed by atoms with Crippen molar-refractivity contribution in [1.29, 1.82) is 0 Å². The molecule has 0 unspecified atom stereocenters. The van der Waals surface area contributed by atoms with Crippen molar-refractivity contribution in [2.75, 3.05) is 39.8 Å². The summed E-state index contributed by atoms with van der Waals surface area (Å²) in [5, 5.41) is 0.464. The predicted molar refractivity (Wildman–Crippen MR) is 114 cm³/mol. The summed E-state index contributed by atoms with van der Waals surface area (Å²) in [4.78, 5) is 16.8. The van der Waals surface area contributed by atoms with Crippen LogP contribution in [-0.4, -0.2) is 68.2 Å². The van der Waals surface area contributed by atoms with Crippen molar-refractivity contribution in [1.82, 2.24) is 14.1 Å². The molecular formula is C21H26ClN3O3S. The second-order valence-corrected chi connectivity index (χ2v) is 9.78. The first-order valence-corrected chi connectivity index (χ1v) is 11.4. The molecule has 2 aromatic carbocycles. The van der Waals surface area contributed by atoms with Crippen molar-refractivity contribution in [2.24, 2.45) is 0 Å². The van der Waals surface area contributed by atoms with E-state index in [2.05, 4.69) is 24.0 Å². The number of sulfonamides is 1. The quantitative estimate of drug-likeness (QED) is 0.699. The lowest BCUT2D eigenvalue weighted by molar-refractivity contribution is -0.133. The molecule has 1 aliphatic rings. The lowest BCUT2D eigenvalue weighted by atomic mass is 10.1. The second kappa shape index (κ2) is 9.26. The van der Waals surface area contributed by atoms with Crippen molar-refractivity contribution >= 4 is 27.5 Å². The zero-order valence-corrected chi connectivity index (χ0v) is 18.3. The molecule has 29 heavy (non-hydrogen) atoms. The minimum atomic E-state index is -3.73. The van der Waals surface area contributed by atoms with Crippen molar-refractivity contribution in [3.8, 4) is 0 Å². The number of amides is 1. The lowest BCUT2D eigenvalue weighted by Crippen LogP contribution is -2.51. The first-order chi connectivity index (χ1) is 13.8. The first kappa shape index (κ1) is 21.8. The van der Waals surface area contributed by atoms with E-state index in [1.807, 2.05) is 12.1 Å². The standard InChI is InChI=1S/C21H26ClN3O3S/c1-17-5-3-4-6-18(17)15-24-11-13-25(14-12-24)21(26)16-23(2)29(27,28)20-9-7-19(22)8-10-20/h3-10H,11-16H2,1-2H3. The molecule has 0 saturated carbocycles. The highest BCUT2D eigenvalue weighted by atomic mass is 35.5. The Morgan fingerprint density at radius 2 is 1.66 bits per heavy atom. The Labute approximate surface area is 177 Å². The van der Waals surface area contributed by atoms with Crippen LogP contribution in [0.25, 0.3) is 0 Å². The summed E-state index contributed by atoms with van der Waals surface area (Å²) in [6, 6.07) is 14.3. The zero-order chi connectivity index (χ0) is 21.0. The van der Waals surface area contributed by atoms with Crippen LogP contribution in [0.15, 0.2) is 53.4 Å². The average molecular weight is 436 g/mol. The second-order valence-electron chi connectivity index (χ2n) is 7.30. The van der Waals surface area contributed by atoms with Gasteiger partial charge in [0.25, 0.3) is 0 Å². The van der Waals surface area contributed by atoms with Crippen LogP contribution in [0, 0.1) is 6.92 Å². The van der Waals surface area contributed by atoms with E-state index >= 15 is 0 Å². The minimum Gasteiger partial charge on any atom is -0.339 e. The molecular weight excluding hydrogens is 410 g/mol. The molecule has 0 spiro atoms. The fourth-order valence-corrected chi connectivity index (χ4v) is 4.59. The van der Waals surface area contributed by atoms with E-state index in [4.69, 9.17) is 11.6 Å². The van der Waals surface area contributed by atoms with Gasteiger partial charge in [-0.15, -0.1) is 0 Å². The van der Waals surface area contributed by atoms with Crippen molar-refractivity contribution in [2.45, 2.75) is 18.4 Å². The Morgan fingerprint density at radius 1 is 1.03 bits per heavy atom. The minimum absolute atomic E-state index is 0.125. The van der Waals surface area contributed by atoms with E-state index in [1.54, 1.807) is 4.90 Å². The Balaban J connectivity index is 1.54. The van der Waals surface area contributed by atoms with Gasteiger partial charge in [-0.05, 0) is 42.3 Å². The molecule has 1 heterocycles. The lowest BCUT2D eigenvalue weighted by Gasteiger charge is -2.35. The average Bonchev–Trinajstić information content (AvgIpc) is 2.70. The summed E-state index contributed by atoms with van der Waals surface area (Å²) in [5.41, 5.74) is 2.56. The van der Waals surface area contributed by atoms with E-state index in [0.29, 0.717) is 18.1 Å². The molecule has 3 rings (SSSR count). The summed E-state index contributed by atoms with van der Waals surface area (Å²) in [5.74, 6) is -0.180. The SMILES string of the molecule is Cc1ccccc1CN1CCN(C(=O)CN(C)S(=O)(=O)c2ccc(Cl)cc2)CC1. The van der Waals surface area contributed by atoms with Crippen LogP contribution in [-0.2, 0) is 21.4 Å². The summed E-state index contributed by atoms with van der Waals surface area (Å²) >= 11 is 5.83. The third kappa shape index (κ3) is 5.36. The van der Waals surface area contributed by atoms with Gasteiger partial charge in [0.1, 0.15) is 0 Å². The molecule has 1 amide bonds. The highest BCUT2D eigenvalue weighted by Gasteiger charge is 2.27. The number of carbonyl (C=O) groups is 1. The van der Waals surface area contributed by atoms with E-state index < -0.39 is 10.0 Å². The highest BCUT2D eigenvalue weighted by molar-refractivity contribution is 7.89. The molecule has 156 valence electrons. The molecule has 1 fully saturated rings. The van der Waals surface area contributed by atoms with Gasteiger partial charge in [0, 0.05) is 44.8 Å². The summed E-state index contributed by atoms with van der Waals surface area (Å²) < 4.78 is 26.4. The van der Waals surface area contributed by atoms with Crippen LogP contribution in [0.3, 0.4) is 0 Å². The van der Waals surface area contributed by atoms with E-state index in [1.165, 1.54) is 42.4 Å². The van der Waals surface area contributed by atoms with Crippen LogP contribution >= 0.6 is 11.6 Å². The normalized spacial score (nSPS) is 15.7. The first-order valence-electron chi connectivity index (χ1n) is 9.54. The third-order valence-electron chi connectivity index (χ3n) is 5.26. The number of nitrogens with zero attached hydrogens (tertiary/aromatic N) is 3. The van der Waals surface area contributed by atoms with Gasteiger partial charge in [0.15, 0.2) is 0 Å². The monoisotopic (exact) mass is 435 g/mol. The summed E-state index contributed by atoms with van der Waals surface area (Å²) in [6.07, 6.45) is 0. The highest BCUT2D eigenvalue weighted by Crippen LogP contribution is 2.18. The number of hydrogen-bond acceptors (Lipinski definition) is 4. The zero-order valence-electron chi connectivity index (χ0n) is 16.7. The molecule has 0 atom stereocenters. The van der Waals surface area contributed by atoms with Crippen molar-refractivity contribution < 1.29 is 13.2 Å². The Kier molecular flexibility index (Phi) is 6.95. The fourth-order valence-electron chi connectivity index (χ4n) is 3.35. The van der Waals surface area contributed by atoms with Gasteiger partial charge in [-0.25, -0.2) is 8.42 Å². The fraction of sp³-hybridized carbons (Fsp3) is 0.381. The van der Waals surface area contributed by atoms with Crippen LogP contribution in [0.1, 0.15) is 11.1 Å². The van der Waals surface area contributed by atoms with Crippen LogP contribution in [0.4, 0.5) is 0 Å². The summed E-state index contributed by atoms with van der Waals surface area (Å²) in [7, 11) is -2.30. The van der Waals surface area contributed by atoms with Gasteiger partial charge in [-0.1, -0.05) is 35.9 Å². The van der Waals surface area contributed by atoms with Gasteiger partial charge in [-0.2, -0.15) is 4.31 Å². The number of rotatable bonds is 6. The number of aryl methyl sites for hydroxylation is 1. The van der Waals surface area contributed by atoms with Gasteiger partial charge in [0.2, 0.25) is 15.9 Å². The predicted octanol–water partition coefficient (Wildman–Crippen LogP) is 2.61. The largest absolute Gasteiger partial charge is 0.339 e. The maximum atomic E-state index is 12.7. The van der Waals surface area contributed by atoms with Crippen LogP contribution < -0.4 is 0 Å². The number of carbonyl (C=O) groups excluding carboxylic acids is 1. The third-order valence-corrected chi connectivity index (χ3v) is 7.33. The van der Waals surface area contributed by atoms with Gasteiger partial charge in [-0.3, -0.25) is 9.69 Å². The molecule has 6 nitrogen and oxygen atoms in total. The molecule has 0 aliphatic carbocycles. The Morgan fingerprint density at radius 3 is 2.28 bits per heavy atom. The molecule has 1 aliphatic heterocycles. The smallest absolute Gasteiger partial charge is 0.243 e. The molecule has 8 heteroatoms. The molecule has 2 aromatic rings. The van der Waals surface area contributed by atoms with Gasteiger partial charge in [0.05, 0.1) is 11.4 Å². The number of piperazine rings is 1.